The second-order valence-corrected chi connectivity index (χ2v) is 6.09. The van der Waals surface area contributed by atoms with E-state index in [0.29, 0.717) is 6.04 Å². The highest BCUT2D eigenvalue weighted by atomic mass is 32.2. The minimum Gasteiger partial charge on any atom is -0.310 e. The van der Waals surface area contributed by atoms with Crippen LogP contribution < -0.4 is 5.32 Å². The average Bonchev–Trinajstić information content (AvgIpc) is 2.37. The topological polar surface area (TPSA) is 12.0 Å². The predicted octanol–water partition coefficient (Wildman–Crippen LogP) is 4.29. The highest BCUT2D eigenvalue weighted by Crippen LogP contribution is 2.15. The Hall–Kier alpha value is -0.470. The molecule has 0 fully saturated rings. The summed E-state index contributed by atoms with van der Waals surface area (Å²) in [6.07, 6.45) is 4.58. The average molecular weight is 265 g/mol. The summed E-state index contributed by atoms with van der Waals surface area (Å²) in [5, 5.41) is 3.62. The van der Waals surface area contributed by atoms with Crippen molar-refractivity contribution in [2.45, 2.75) is 39.7 Å². The van der Waals surface area contributed by atoms with Crippen molar-refractivity contribution >= 4 is 11.8 Å². The molecule has 0 bridgehead atoms. The zero-order valence-electron chi connectivity index (χ0n) is 12.2. The number of benzene rings is 1. The molecule has 1 N–H and O–H groups in total. The van der Waals surface area contributed by atoms with Crippen LogP contribution in [0.25, 0.3) is 0 Å². The van der Waals surface area contributed by atoms with E-state index in [2.05, 4.69) is 56.6 Å². The van der Waals surface area contributed by atoms with Crippen molar-refractivity contribution in [1.82, 2.24) is 5.32 Å². The van der Waals surface area contributed by atoms with Gasteiger partial charge in [0, 0.05) is 6.04 Å². The Balaban J connectivity index is 2.43. The van der Waals surface area contributed by atoms with E-state index in [9.17, 15) is 0 Å². The molecule has 0 saturated heterocycles. The van der Waals surface area contributed by atoms with Gasteiger partial charge in [0.05, 0.1) is 0 Å². The largest absolute Gasteiger partial charge is 0.310 e. The molecule has 1 nitrogen and oxygen atoms in total. The number of hydrogen-bond donors (Lipinski definition) is 1. The number of aryl methyl sites for hydroxylation is 1. The third-order valence-electron chi connectivity index (χ3n) is 3.24. The fourth-order valence-electron chi connectivity index (χ4n) is 2.10. The molecule has 0 aliphatic rings. The van der Waals surface area contributed by atoms with Gasteiger partial charge in [0.25, 0.3) is 0 Å². The second-order valence-electron chi connectivity index (χ2n) is 5.18. The predicted molar refractivity (Wildman–Crippen MR) is 84.4 cm³/mol. The number of rotatable bonds is 8. The standard InChI is InChI=1S/C16H27NS/c1-5-6-15-7-9-16(10-8-15)14(3)17-11-13(2)12-18-4/h7-10,13-14,17H,5-6,11-12H2,1-4H3. The van der Waals surface area contributed by atoms with Crippen molar-refractivity contribution in [3.63, 3.8) is 0 Å². The van der Waals surface area contributed by atoms with Gasteiger partial charge in [-0.15, -0.1) is 0 Å². The summed E-state index contributed by atoms with van der Waals surface area (Å²) < 4.78 is 0. The number of hydrogen-bond acceptors (Lipinski definition) is 2. The summed E-state index contributed by atoms with van der Waals surface area (Å²) in [6.45, 7) is 7.88. The molecule has 2 unspecified atom stereocenters. The number of nitrogens with one attached hydrogen (secondary N) is 1. The monoisotopic (exact) mass is 265 g/mol. The van der Waals surface area contributed by atoms with Crippen LogP contribution in [0.4, 0.5) is 0 Å². The quantitative estimate of drug-likeness (QED) is 0.752. The fraction of sp³-hybridized carbons (Fsp3) is 0.625. The lowest BCUT2D eigenvalue weighted by Crippen LogP contribution is -2.25. The Labute approximate surface area is 117 Å². The van der Waals surface area contributed by atoms with Crippen LogP contribution in [0.15, 0.2) is 24.3 Å². The Kier molecular flexibility index (Phi) is 7.45. The molecule has 1 aromatic rings. The molecule has 102 valence electrons. The first-order valence-electron chi connectivity index (χ1n) is 6.98. The molecule has 0 heterocycles. The van der Waals surface area contributed by atoms with Gasteiger partial charge in [-0.1, -0.05) is 44.5 Å². The molecule has 2 atom stereocenters. The van der Waals surface area contributed by atoms with E-state index < -0.39 is 0 Å². The summed E-state index contributed by atoms with van der Waals surface area (Å²) in [7, 11) is 0. The maximum Gasteiger partial charge on any atom is 0.0291 e. The first-order valence-corrected chi connectivity index (χ1v) is 8.37. The second kappa shape index (κ2) is 8.60. The van der Waals surface area contributed by atoms with Gasteiger partial charge in [-0.3, -0.25) is 0 Å². The summed E-state index contributed by atoms with van der Waals surface area (Å²) in [6, 6.07) is 9.51. The van der Waals surface area contributed by atoms with E-state index in [1.54, 1.807) is 0 Å². The minimum absolute atomic E-state index is 0.449. The fourth-order valence-corrected chi connectivity index (χ4v) is 2.79. The Bertz CT molecular complexity index is 320. The van der Waals surface area contributed by atoms with Crippen molar-refractivity contribution in [2.24, 2.45) is 5.92 Å². The molecule has 1 aromatic carbocycles. The van der Waals surface area contributed by atoms with Gasteiger partial charge in [0.15, 0.2) is 0 Å². The molecule has 0 aromatic heterocycles. The molecule has 0 saturated carbocycles. The van der Waals surface area contributed by atoms with Crippen molar-refractivity contribution in [3.8, 4) is 0 Å². The van der Waals surface area contributed by atoms with Crippen LogP contribution >= 0.6 is 11.8 Å². The summed E-state index contributed by atoms with van der Waals surface area (Å²) in [5.41, 5.74) is 2.84. The van der Waals surface area contributed by atoms with E-state index in [-0.39, 0.29) is 0 Å². The highest BCUT2D eigenvalue weighted by molar-refractivity contribution is 7.98. The molecule has 1 rings (SSSR count). The summed E-state index contributed by atoms with van der Waals surface area (Å²) >= 11 is 1.92. The first kappa shape index (κ1) is 15.6. The zero-order chi connectivity index (χ0) is 13.4. The van der Waals surface area contributed by atoms with E-state index in [4.69, 9.17) is 0 Å². The SMILES string of the molecule is CCCc1ccc(C(C)NCC(C)CSC)cc1. The molecule has 0 spiro atoms. The molecule has 2 heteroatoms. The normalized spacial score (nSPS) is 14.4. The van der Waals surface area contributed by atoms with Crippen molar-refractivity contribution in [3.05, 3.63) is 35.4 Å². The Morgan fingerprint density at radius 2 is 1.83 bits per heavy atom. The molecule has 0 aliphatic carbocycles. The van der Waals surface area contributed by atoms with Crippen LogP contribution in [0.2, 0.25) is 0 Å². The van der Waals surface area contributed by atoms with Crippen molar-refractivity contribution in [1.29, 1.82) is 0 Å². The lowest BCUT2D eigenvalue weighted by atomic mass is 10.0. The van der Waals surface area contributed by atoms with E-state index >= 15 is 0 Å². The molecule has 0 amide bonds. The van der Waals surface area contributed by atoms with E-state index in [1.165, 1.54) is 29.7 Å². The van der Waals surface area contributed by atoms with Crippen molar-refractivity contribution in [2.75, 3.05) is 18.6 Å². The van der Waals surface area contributed by atoms with E-state index in [1.807, 2.05) is 11.8 Å². The first-order chi connectivity index (χ1) is 8.67. The third kappa shape index (κ3) is 5.45. The van der Waals surface area contributed by atoms with E-state index in [0.717, 1.165) is 12.5 Å². The molecule has 0 aliphatic heterocycles. The van der Waals surface area contributed by atoms with Gasteiger partial charge in [-0.05, 0) is 48.9 Å². The van der Waals surface area contributed by atoms with Gasteiger partial charge in [-0.25, -0.2) is 0 Å². The summed E-state index contributed by atoms with van der Waals surface area (Å²) in [4.78, 5) is 0. The van der Waals surface area contributed by atoms with Crippen LogP contribution in [0.3, 0.4) is 0 Å². The van der Waals surface area contributed by atoms with Gasteiger partial charge < -0.3 is 5.32 Å². The molecular weight excluding hydrogens is 238 g/mol. The zero-order valence-corrected chi connectivity index (χ0v) is 13.0. The smallest absolute Gasteiger partial charge is 0.0291 e. The highest BCUT2D eigenvalue weighted by Gasteiger charge is 2.07. The van der Waals surface area contributed by atoms with Gasteiger partial charge in [0.1, 0.15) is 0 Å². The van der Waals surface area contributed by atoms with Crippen LogP contribution in [0.5, 0.6) is 0 Å². The molecule has 0 radical (unpaired) electrons. The maximum absolute atomic E-state index is 3.62. The lowest BCUT2D eigenvalue weighted by Gasteiger charge is -2.18. The summed E-state index contributed by atoms with van der Waals surface area (Å²) in [5.74, 6) is 1.97. The van der Waals surface area contributed by atoms with Gasteiger partial charge >= 0.3 is 0 Å². The lowest BCUT2D eigenvalue weighted by molar-refractivity contribution is 0.501. The van der Waals surface area contributed by atoms with Gasteiger partial charge in [0.2, 0.25) is 0 Å². The maximum atomic E-state index is 3.62. The van der Waals surface area contributed by atoms with Crippen LogP contribution in [0.1, 0.15) is 44.4 Å². The Morgan fingerprint density at radius 1 is 1.17 bits per heavy atom. The molecular formula is C16H27NS. The van der Waals surface area contributed by atoms with Gasteiger partial charge in [-0.2, -0.15) is 11.8 Å². The molecule has 18 heavy (non-hydrogen) atoms. The van der Waals surface area contributed by atoms with Crippen LogP contribution in [0, 0.1) is 5.92 Å². The minimum atomic E-state index is 0.449. The Morgan fingerprint density at radius 3 is 2.39 bits per heavy atom. The number of thioether (sulfide) groups is 1. The third-order valence-corrected chi connectivity index (χ3v) is 4.14. The van der Waals surface area contributed by atoms with Crippen LogP contribution in [-0.2, 0) is 6.42 Å². The van der Waals surface area contributed by atoms with Crippen LogP contribution in [-0.4, -0.2) is 18.6 Å². The van der Waals surface area contributed by atoms with Crippen molar-refractivity contribution < 1.29 is 0 Å².